The van der Waals surface area contributed by atoms with Gasteiger partial charge in [0.05, 0.1) is 0 Å². The molecule has 0 saturated carbocycles. The normalized spacial score (nSPS) is 13.7. The Balaban J connectivity index is 3.24. The summed E-state index contributed by atoms with van der Waals surface area (Å²) in [6.45, 7) is 9.58. The van der Waals surface area contributed by atoms with E-state index in [2.05, 4.69) is 27.7 Å². The zero-order valence-electron chi connectivity index (χ0n) is 20.7. The molecule has 170 valence electrons. The van der Waals surface area contributed by atoms with Gasteiger partial charge in [0.2, 0.25) is 0 Å². The van der Waals surface area contributed by atoms with Crippen molar-refractivity contribution in [3.05, 3.63) is 0 Å². The Morgan fingerprint density at radius 3 is 0.857 bits per heavy atom. The SMILES string of the molecule is CCCCCCCCCCCCCC(C)CCCCCC(C)CCCCCC. The van der Waals surface area contributed by atoms with Crippen molar-refractivity contribution in [1.29, 1.82) is 0 Å². The van der Waals surface area contributed by atoms with E-state index in [0.29, 0.717) is 0 Å². The van der Waals surface area contributed by atoms with Gasteiger partial charge in [-0.2, -0.15) is 0 Å². The predicted octanol–water partition coefficient (Wildman–Crippen LogP) is 10.9. The fourth-order valence-corrected chi connectivity index (χ4v) is 4.53. The number of hydrogen-bond donors (Lipinski definition) is 0. The van der Waals surface area contributed by atoms with Gasteiger partial charge in [-0.15, -0.1) is 0 Å². The minimum atomic E-state index is 0.963. The highest BCUT2D eigenvalue weighted by molar-refractivity contribution is 4.58. The Hall–Kier alpha value is 0. The highest BCUT2D eigenvalue weighted by Gasteiger charge is 2.04. The molecule has 0 fully saturated rings. The molecule has 0 aliphatic rings. The third-order valence-corrected chi connectivity index (χ3v) is 6.74. The lowest BCUT2D eigenvalue weighted by Crippen LogP contribution is -1.97. The van der Waals surface area contributed by atoms with Crippen LogP contribution in [0.4, 0.5) is 0 Å². The topological polar surface area (TPSA) is 0 Å². The summed E-state index contributed by atoms with van der Waals surface area (Å²) in [7, 11) is 0. The summed E-state index contributed by atoms with van der Waals surface area (Å²) in [5.41, 5.74) is 0. The van der Waals surface area contributed by atoms with Crippen molar-refractivity contribution in [2.75, 3.05) is 0 Å². The van der Waals surface area contributed by atoms with Gasteiger partial charge in [0, 0.05) is 0 Å². The molecule has 0 N–H and O–H groups in total. The van der Waals surface area contributed by atoms with Crippen molar-refractivity contribution < 1.29 is 0 Å². The van der Waals surface area contributed by atoms with Gasteiger partial charge in [-0.3, -0.25) is 0 Å². The lowest BCUT2D eigenvalue weighted by atomic mass is 9.93. The van der Waals surface area contributed by atoms with E-state index in [0.717, 1.165) is 11.8 Å². The summed E-state index contributed by atoms with van der Waals surface area (Å²) in [6.07, 6.45) is 32.2. The van der Waals surface area contributed by atoms with Crippen LogP contribution in [-0.4, -0.2) is 0 Å². The number of hydrogen-bond acceptors (Lipinski definition) is 0. The van der Waals surface area contributed by atoms with Crippen molar-refractivity contribution in [2.24, 2.45) is 11.8 Å². The molecule has 0 bridgehead atoms. The lowest BCUT2D eigenvalue weighted by Gasteiger charge is -2.13. The van der Waals surface area contributed by atoms with Crippen LogP contribution in [0.25, 0.3) is 0 Å². The Labute approximate surface area is 181 Å². The summed E-state index contributed by atoms with van der Waals surface area (Å²) in [6, 6.07) is 0. The van der Waals surface area contributed by atoms with Crippen LogP contribution in [0.15, 0.2) is 0 Å². The van der Waals surface area contributed by atoms with E-state index in [4.69, 9.17) is 0 Å². The molecular formula is C28H58. The first-order chi connectivity index (χ1) is 13.7. The summed E-state index contributed by atoms with van der Waals surface area (Å²) in [5, 5.41) is 0. The third kappa shape index (κ3) is 22.3. The van der Waals surface area contributed by atoms with Crippen molar-refractivity contribution in [1.82, 2.24) is 0 Å². The summed E-state index contributed by atoms with van der Waals surface area (Å²) in [5.74, 6) is 1.93. The van der Waals surface area contributed by atoms with Gasteiger partial charge < -0.3 is 0 Å². The Morgan fingerprint density at radius 1 is 0.321 bits per heavy atom. The van der Waals surface area contributed by atoms with Crippen molar-refractivity contribution in [3.63, 3.8) is 0 Å². The third-order valence-electron chi connectivity index (χ3n) is 6.74. The maximum atomic E-state index is 2.49. The summed E-state index contributed by atoms with van der Waals surface area (Å²) >= 11 is 0. The molecule has 2 unspecified atom stereocenters. The van der Waals surface area contributed by atoms with E-state index in [9.17, 15) is 0 Å². The second-order valence-corrected chi connectivity index (χ2v) is 10.0. The maximum Gasteiger partial charge on any atom is -0.0443 e. The fraction of sp³-hybridized carbons (Fsp3) is 1.00. The first-order valence-corrected chi connectivity index (χ1v) is 13.7. The number of unbranched alkanes of at least 4 members (excludes halogenated alkanes) is 15. The van der Waals surface area contributed by atoms with Crippen LogP contribution in [0.2, 0.25) is 0 Å². The van der Waals surface area contributed by atoms with E-state index >= 15 is 0 Å². The average Bonchev–Trinajstić information content (AvgIpc) is 2.69. The summed E-state index contributed by atoms with van der Waals surface area (Å²) < 4.78 is 0. The fourth-order valence-electron chi connectivity index (χ4n) is 4.53. The zero-order valence-corrected chi connectivity index (χ0v) is 20.7. The van der Waals surface area contributed by atoms with Gasteiger partial charge >= 0.3 is 0 Å². The predicted molar refractivity (Wildman–Crippen MR) is 131 cm³/mol. The zero-order chi connectivity index (χ0) is 20.7. The molecular weight excluding hydrogens is 336 g/mol. The molecule has 0 amide bonds. The highest BCUT2D eigenvalue weighted by Crippen LogP contribution is 2.21. The van der Waals surface area contributed by atoms with Gasteiger partial charge in [0.25, 0.3) is 0 Å². The molecule has 0 heteroatoms. The molecule has 0 heterocycles. The standard InChI is InChI=1S/C28H58/c1-5-7-9-11-12-13-14-15-16-17-20-24-28(4)26-22-18-21-25-27(3)23-19-10-8-6-2/h27-28H,5-26H2,1-4H3. The Morgan fingerprint density at radius 2 is 0.536 bits per heavy atom. The molecule has 28 heavy (non-hydrogen) atoms. The summed E-state index contributed by atoms with van der Waals surface area (Å²) in [4.78, 5) is 0. The van der Waals surface area contributed by atoms with E-state index in [1.54, 1.807) is 0 Å². The van der Waals surface area contributed by atoms with E-state index in [-0.39, 0.29) is 0 Å². The molecule has 0 aromatic carbocycles. The van der Waals surface area contributed by atoms with E-state index < -0.39 is 0 Å². The molecule has 0 aromatic rings. The first-order valence-electron chi connectivity index (χ1n) is 13.7. The van der Waals surface area contributed by atoms with Gasteiger partial charge in [-0.05, 0) is 11.8 Å². The Kier molecular flexibility index (Phi) is 23.3. The van der Waals surface area contributed by atoms with Gasteiger partial charge in [-0.1, -0.05) is 169 Å². The van der Waals surface area contributed by atoms with Crippen LogP contribution >= 0.6 is 0 Å². The van der Waals surface area contributed by atoms with Crippen molar-refractivity contribution >= 4 is 0 Å². The molecule has 0 spiro atoms. The molecule has 2 atom stereocenters. The molecule has 0 nitrogen and oxygen atoms in total. The van der Waals surface area contributed by atoms with Crippen LogP contribution in [0.5, 0.6) is 0 Å². The van der Waals surface area contributed by atoms with Crippen molar-refractivity contribution in [3.8, 4) is 0 Å². The quantitative estimate of drug-likeness (QED) is 0.151. The van der Waals surface area contributed by atoms with Crippen LogP contribution < -0.4 is 0 Å². The molecule has 0 aliphatic carbocycles. The van der Waals surface area contributed by atoms with Crippen LogP contribution in [0, 0.1) is 11.8 Å². The van der Waals surface area contributed by atoms with Gasteiger partial charge in [0.15, 0.2) is 0 Å². The van der Waals surface area contributed by atoms with Crippen LogP contribution in [0.3, 0.4) is 0 Å². The highest BCUT2D eigenvalue weighted by atomic mass is 14.1. The largest absolute Gasteiger partial charge is 0.0654 e. The monoisotopic (exact) mass is 394 g/mol. The van der Waals surface area contributed by atoms with E-state index in [1.165, 1.54) is 141 Å². The van der Waals surface area contributed by atoms with Crippen molar-refractivity contribution in [2.45, 2.75) is 169 Å². The minimum Gasteiger partial charge on any atom is -0.0654 e. The molecule has 0 aromatic heterocycles. The minimum absolute atomic E-state index is 0.963. The molecule has 0 rings (SSSR count). The van der Waals surface area contributed by atoms with Crippen LogP contribution in [-0.2, 0) is 0 Å². The Bertz CT molecular complexity index is 269. The molecule has 0 radical (unpaired) electrons. The molecule has 0 aliphatic heterocycles. The van der Waals surface area contributed by atoms with Gasteiger partial charge in [-0.25, -0.2) is 0 Å². The lowest BCUT2D eigenvalue weighted by molar-refractivity contribution is 0.408. The van der Waals surface area contributed by atoms with Crippen LogP contribution in [0.1, 0.15) is 169 Å². The van der Waals surface area contributed by atoms with E-state index in [1.807, 2.05) is 0 Å². The average molecular weight is 395 g/mol. The smallest absolute Gasteiger partial charge is 0.0443 e. The first kappa shape index (κ1) is 28.0. The second kappa shape index (κ2) is 23.3. The number of rotatable bonds is 23. The second-order valence-electron chi connectivity index (χ2n) is 10.0. The maximum absolute atomic E-state index is 2.49. The molecule has 0 saturated heterocycles. The van der Waals surface area contributed by atoms with Gasteiger partial charge in [0.1, 0.15) is 0 Å².